The van der Waals surface area contributed by atoms with E-state index in [9.17, 15) is 10.2 Å². The van der Waals surface area contributed by atoms with Gasteiger partial charge in [0.15, 0.2) is 0 Å². The Labute approximate surface area is 82.4 Å². The van der Waals surface area contributed by atoms with E-state index in [0.29, 0.717) is 5.69 Å². The summed E-state index contributed by atoms with van der Waals surface area (Å²) in [4.78, 5) is 0. The largest absolute Gasteiger partial charge is 0.391 e. The van der Waals surface area contributed by atoms with Crippen molar-refractivity contribution in [2.45, 2.75) is 44.4 Å². The number of hydrogen-bond acceptors (Lipinski definition) is 4. The van der Waals surface area contributed by atoms with Crippen LogP contribution < -0.4 is 0 Å². The zero-order valence-corrected chi connectivity index (χ0v) is 8.17. The van der Waals surface area contributed by atoms with E-state index < -0.39 is 6.10 Å². The highest BCUT2D eigenvalue weighted by Crippen LogP contribution is 2.31. The van der Waals surface area contributed by atoms with Crippen molar-refractivity contribution >= 4 is 0 Å². The van der Waals surface area contributed by atoms with Gasteiger partial charge >= 0.3 is 0 Å². The lowest BCUT2D eigenvalue weighted by Crippen LogP contribution is -2.22. The van der Waals surface area contributed by atoms with E-state index in [1.54, 1.807) is 17.8 Å². The highest BCUT2D eigenvalue weighted by Gasteiger charge is 2.29. The zero-order chi connectivity index (χ0) is 10.1. The number of aliphatic hydroxyl groups excluding tert-OH is 2. The van der Waals surface area contributed by atoms with Gasteiger partial charge in [-0.2, -0.15) is 0 Å². The molecule has 1 aromatic heterocycles. The Morgan fingerprint density at radius 3 is 2.93 bits per heavy atom. The van der Waals surface area contributed by atoms with Crippen LogP contribution in [0.5, 0.6) is 0 Å². The van der Waals surface area contributed by atoms with Gasteiger partial charge in [-0.25, -0.2) is 4.68 Å². The average Bonchev–Trinajstić information content (AvgIpc) is 2.70. The van der Waals surface area contributed by atoms with E-state index in [2.05, 4.69) is 10.3 Å². The molecule has 0 bridgehead atoms. The van der Waals surface area contributed by atoms with Gasteiger partial charge in [0, 0.05) is 0 Å². The van der Waals surface area contributed by atoms with E-state index in [1.165, 1.54) is 0 Å². The van der Waals surface area contributed by atoms with Crippen LogP contribution in [0.3, 0.4) is 0 Å². The molecule has 1 fully saturated rings. The summed E-state index contributed by atoms with van der Waals surface area (Å²) in [6, 6.07) is -0.0119. The lowest BCUT2D eigenvalue weighted by atomic mass is 10.2. The monoisotopic (exact) mass is 197 g/mol. The van der Waals surface area contributed by atoms with Crippen molar-refractivity contribution in [3.05, 3.63) is 11.9 Å². The summed E-state index contributed by atoms with van der Waals surface area (Å²) in [5.74, 6) is 0. The summed E-state index contributed by atoms with van der Waals surface area (Å²) in [6.45, 7) is 1.68. The maximum absolute atomic E-state index is 9.70. The number of aromatic nitrogens is 3. The molecule has 2 N–H and O–H groups in total. The second-order valence-electron chi connectivity index (χ2n) is 3.85. The smallest absolute Gasteiger partial charge is 0.0945 e. The molecular weight excluding hydrogens is 182 g/mol. The van der Waals surface area contributed by atoms with Crippen molar-refractivity contribution in [2.75, 3.05) is 0 Å². The standard InChI is InChI=1S/C9H15N3O2/c1-6(13)8-5-10-11-12(8)7-3-2-4-9(7)14/h5-7,9,13-14H,2-4H2,1H3. The topological polar surface area (TPSA) is 71.2 Å². The Morgan fingerprint density at radius 2 is 2.36 bits per heavy atom. The molecule has 78 valence electrons. The summed E-state index contributed by atoms with van der Waals surface area (Å²) in [6.07, 6.45) is 3.33. The SMILES string of the molecule is CC(O)c1cnnn1C1CCCC1O. The van der Waals surface area contributed by atoms with Gasteiger partial charge in [-0.1, -0.05) is 5.21 Å². The summed E-state index contributed by atoms with van der Waals surface area (Å²) in [5, 5.41) is 26.8. The quantitative estimate of drug-likeness (QED) is 0.720. The number of nitrogens with zero attached hydrogens (tertiary/aromatic N) is 3. The predicted molar refractivity (Wildman–Crippen MR) is 49.6 cm³/mol. The van der Waals surface area contributed by atoms with Crippen molar-refractivity contribution in [3.63, 3.8) is 0 Å². The first-order valence-corrected chi connectivity index (χ1v) is 4.96. The highest BCUT2D eigenvalue weighted by molar-refractivity contribution is 5.01. The summed E-state index contributed by atoms with van der Waals surface area (Å²) >= 11 is 0. The van der Waals surface area contributed by atoms with E-state index >= 15 is 0 Å². The first kappa shape index (κ1) is 9.61. The molecule has 0 aromatic carbocycles. The fourth-order valence-corrected chi connectivity index (χ4v) is 2.01. The molecule has 5 nitrogen and oxygen atoms in total. The minimum atomic E-state index is -0.585. The summed E-state index contributed by atoms with van der Waals surface area (Å²) < 4.78 is 1.66. The maximum Gasteiger partial charge on any atom is 0.0945 e. The van der Waals surface area contributed by atoms with Crippen LogP contribution in [0.15, 0.2) is 6.20 Å². The summed E-state index contributed by atoms with van der Waals surface area (Å²) in [5.41, 5.74) is 0.677. The molecule has 0 spiro atoms. The lowest BCUT2D eigenvalue weighted by molar-refractivity contribution is 0.118. The molecule has 1 heterocycles. The zero-order valence-electron chi connectivity index (χ0n) is 8.17. The van der Waals surface area contributed by atoms with E-state index in [-0.39, 0.29) is 12.1 Å². The lowest BCUT2D eigenvalue weighted by Gasteiger charge is -2.17. The minimum absolute atomic E-state index is 0.0119. The van der Waals surface area contributed by atoms with Crippen LogP contribution in [0.4, 0.5) is 0 Å². The third-order valence-electron chi connectivity index (χ3n) is 2.79. The minimum Gasteiger partial charge on any atom is -0.391 e. The van der Waals surface area contributed by atoms with E-state index in [0.717, 1.165) is 19.3 Å². The van der Waals surface area contributed by atoms with Crippen molar-refractivity contribution in [1.29, 1.82) is 0 Å². The fourth-order valence-electron chi connectivity index (χ4n) is 2.01. The van der Waals surface area contributed by atoms with Gasteiger partial charge in [0.25, 0.3) is 0 Å². The Hall–Kier alpha value is -0.940. The number of hydrogen-bond donors (Lipinski definition) is 2. The normalized spacial score (nSPS) is 29.4. The van der Waals surface area contributed by atoms with Crippen molar-refractivity contribution in [2.24, 2.45) is 0 Å². The van der Waals surface area contributed by atoms with Crippen LogP contribution >= 0.6 is 0 Å². The van der Waals surface area contributed by atoms with Crippen LogP contribution in [-0.2, 0) is 0 Å². The van der Waals surface area contributed by atoms with Crippen molar-refractivity contribution < 1.29 is 10.2 Å². The molecular formula is C9H15N3O2. The molecule has 1 aromatic rings. The van der Waals surface area contributed by atoms with Crippen LogP contribution in [0, 0.1) is 0 Å². The molecule has 3 unspecified atom stereocenters. The third-order valence-corrected chi connectivity index (χ3v) is 2.79. The van der Waals surface area contributed by atoms with Crippen LogP contribution in [-0.4, -0.2) is 31.3 Å². The molecule has 1 aliphatic carbocycles. The Kier molecular flexibility index (Phi) is 2.52. The molecule has 3 atom stereocenters. The van der Waals surface area contributed by atoms with Gasteiger partial charge in [0.2, 0.25) is 0 Å². The van der Waals surface area contributed by atoms with Crippen LogP contribution in [0.25, 0.3) is 0 Å². The molecule has 14 heavy (non-hydrogen) atoms. The summed E-state index contributed by atoms with van der Waals surface area (Å²) in [7, 11) is 0. The van der Waals surface area contributed by atoms with Crippen molar-refractivity contribution in [1.82, 2.24) is 15.0 Å². The highest BCUT2D eigenvalue weighted by atomic mass is 16.3. The van der Waals surface area contributed by atoms with Gasteiger partial charge < -0.3 is 10.2 Å². The van der Waals surface area contributed by atoms with Gasteiger partial charge in [-0.15, -0.1) is 5.10 Å². The van der Waals surface area contributed by atoms with Crippen molar-refractivity contribution in [3.8, 4) is 0 Å². The molecule has 0 radical (unpaired) electrons. The maximum atomic E-state index is 9.70. The Bertz CT molecular complexity index is 311. The van der Waals surface area contributed by atoms with Gasteiger partial charge in [-0.3, -0.25) is 0 Å². The molecule has 0 saturated heterocycles. The molecule has 1 aliphatic rings. The Balaban J connectivity index is 2.26. The number of aliphatic hydroxyl groups is 2. The number of rotatable bonds is 2. The van der Waals surface area contributed by atoms with E-state index in [4.69, 9.17) is 0 Å². The second kappa shape index (κ2) is 3.67. The first-order chi connectivity index (χ1) is 6.70. The molecule has 0 aliphatic heterocycles. The molecule has 5 heteroatoms. The van der Waals surface area contributed by atoms with Gasteiger partial charge in [0.05, 0.1) is 30.1 Å². The third kappa shape index (κ3) is 1.53. The Morgan fingerprint density at radius 1 is 1.57 bits per heavy atom. The van der Waals surface area contributed by atoms with Gasteiger partial charge in [0.1, 0.15) is 0 Å². The molecule has 2 rings (SSSR count). The molecule has 0 amide bonds. The van der Waals surface area contributed by atoms with Crippen LogP contribution in [0.1, 0.15) is 44.0 Å². The predicted octanol–water partition coefficient (Wildman–Crippen LogP) is 0.417. The molecule has 1 saturated carbocycles. The first-order valence-electron chi connectivity index (χ1n) is 4.96. The van der Waals surface area contributed by atoms with Gasteiger partial charge in [-0.05, 0) is 26.2 Å². The van der Waals surface area contributed by atoms with E-state index in [1.807, 2.05) is 0 Å². The second-order valence-corrected chi connectivity index (χ2v) is 3.85. The average molecular weight is 197 g/mol. The fraction of sp³-hybridized carbons (Fsp3) is 0.778. The van der Waals surface area contributed by atoms with Crippen LogP contribution in [0.2, 0.25) is 0 Å².